The molecule has 1 aromatic carbocycles. The van der Waals surface area contributed by atoms with Crippen molar-refractivity contribution < 1.29 is 0 Å². The third kappa shape index (κ3) is 4.19. The Morgan fingerprint density at radius 3 is 2.42 bits per heavy atom. The van der Waals surface area contributed by atoms with Gasteiger partial charge >= 0.3 is 0 Å². The molecule has 0 fully saturated rings. The predicted octanol–water partition coefficient (Wildman–Crippen LogP) is 3.77. The zero-order chi connectivity index (χ0) is 22.9. The number of nitrogens with zero attached hydrogens (tertiary/aromatic N) is 5. The Morgan fingerprint density at radius 2 is 1.67 bits per heavy atom. The highest BCUT2D eigenvalue weighted by Gasteiger charge is 2.13. The van der Waals surface area contributed by atoms with Gasteiger partial charge in [-0.3, -0.25) is 14.2 Å². The molecule has 1 N–H and O–H groups in total. The minimum Gasteiger partial charge on any atom is -0.315 e. The normalized spacial score (nSPS) is 11.6. The van der Waals surface area contributed by atoms with Crippen LogP contribution in [0.2, 0.25) is 0 Å². The highest BCUT2D eigenvalue weighted by molar-refractivity contribution is 7.98. The van der Waals surface area contributed by atoms with Crippen LogP contribution >= 0.6 is 11.8 Å². The van der Waals surface area contributed by atoms with Crippen molar-refractivity contribution in [2.75, 3.05) is 0 Å². The zero-order valence-electron chi connectivity index (χ0n) is 18.2. The van der Waals surface area contributed by atoms with Gasteiger partial charge in [0.15, 0.2) is 0 Å². The largest absolute Gasteiger partial charge is 0.315 e. The van der Waals surface area contributed by atoms with Crippen LogP contribution in [0.4, 0.5) is 0 Å². The van der Waals surface area contributed by atoms with Gasteiger partial charge in [-0.2, -0.15) is 4.98 Å². The van der Waals surface area contributed by atoms with Crippen LogP contribution in [0.3, 0.4) is 0 Å². The van der Waals surface area contributed by atoms with Crippen LogP contribution in [0.15, 0.2) is 75.7 Å². The molecule has 0 saturated carbocycles. The van der Waals surface area contributed by atoms with Crippen molar-refractivity contribution >= 4 is 33.6 Å². The van der Waals surface area contributed by atoms with Gasteiger partial charge in [-0.15, -0.1) is 5.10 Å². The molecular formula is C24H22N6O2S. The highest BCUT2D eigenvalue weighted by atomic mass is 32.2. The summed E-state index contributed by atoms with van der Waals surface area (Å²) < 4.78 is 3.06. The first-order valence-corrected chi connectivity index (χ1v) is 11.6. The van der Waals surface area contributed by atoms with Gasteiger partial charge in [-0.25, -0.2) is 10.1 Å². The Hall–Kier alpha value is -3.72. The molecule has 4 aromatic heterocycles. The maximum Gasteiger partial charge on any atom is 0.266 e. The number of thioether (sulfide) groups is 1. The van der Waals surface area contributed by atoms with Gasteiger partial charge in [0.1, 0.15) is 0 Å². The van der Waals surface area contributed by atoms with E-state index < -0.39 is 0 Å². The molecule has 33 heavy (non-hydrogen) atoms. The second kappa shape index (κ2) is 8.67. The van der Waals surface area contributed by atoms with Crippen molar-refractivity contribution in [3.63, 3.8) is 0 Å². The minimum atomic E-state index is -0.309. The maximum atomic E-state index is 13.3. The zero-order valence-corrected chi connectivity index (χ0v) is 19.0. The predicted molar refractivity (Wildman–Crippen MR) is 130 cm³/mol. The smallest absolute Gasteiger partial charge is 0.266 e. The van der Waals surface area contributed by atoms with Crippen molar-refractivity contribution in [2.24, 2.45) is 5.92 Å². The average molecular weight is 459 g/mol. The summed E-state index contributed by atoms with van der Waals surface area (Å²) in [6, 6.07) is 15.2. The highest BCUT2D eigenvalue weighted by Crippen LogP contribution is 2.20. The van der Waals surface area contributed by atoms with Crippen molar-refractivity contribution in [3.05, 3.63) is 87.2 Å². The third-order valence-corrected chi connectivity index (χ3v) is 6.19. The molecule has 166 valence electrons. The van der Waals surface area contributed by atoms with E-state index in [2.05, 4.69) is 34.0 Å². The molecule has 0 aliphatic heterocycles. The van der Waals surface area contributed by atoms with Crippen LogP contribution < -0.4 is 11.1 Å². The maximum absolute atomic E-state index is 13.3. The van der Waals surface area contributed by atoms with E-state index in [1.54, 1.807) is 29.1 Å². The van der Waals surface area contributed by atoms with E-state index in [0.29, 0.717) is 45.4 Å². The number of H-pyrrole nitrogens is 1. The minimum absolute atomic E-state index is 0.148. The molecule has 0 saturated heterocycles. The summed E-state index contributed by atoms with van der Waals surface area (Å²) >= 11 is 1.48. The molecule has 0 spiro atoms. The summed E-state index contributed by atoms with van der Waals surface area (Å²) in [5.74, 6) is 1.37. The van der Waals surface area contributed by atoms with Crippen LogP contribution in [0.5, 0.6) is 0 Å². The molecular weight excluding hydrogens is 436 g/mol. The monoisotopic (exact) mass is 458 g/mol. The molecule has 0 amide bonds. The number of nitrogens with one attached hydrogen (secondary N) is 1. The molecule has 0 radical (unpaired) electrons. The number of pyridine rings is 3. The van der Waals surface area contributed by atoms with Gasteiger partial charge in [0, 0.05) is 24.7 Å². The summed E-state index contributed by atoms with van der Waals surface area (Å²) in [7, 11) is 0. The first-order chi connectivity index (χ1) is 16.0. The van der Waals surface area contributed by atoms with Crippen LogP contribution in [-0.2, 0) is 12.3 Å². The Kier molecular flexibility index (Phi) is 5.55. The lowest BCUT2D eigenvalue weighted by molar-refractivity contribution is 0.513. The van der Waals surface area contributed by atoms with E-state index in [9.17, 15) is 9.59 Å². The van der Waals surface area contributed by atoms with Gasteiger partial charge in [0.2, 0.25) is 11.1 Å². The van der Waals surface area contributed by atoms with Crippen LogP contribution in [0, 0.1) is 5.92 Å². The lowest BCUT2D eigenvalue weighted by Gasteiger charge is -2.10. The number of rotatable bonds is 6. The Labute approximate surface area is 193 Å². The summed E-state index contributed by atoms with van der Waals surface area (Å²) in [5.41, 5.74) is 1.81. The van der Waals surface area contributed by atoms with Crippen LogP contribution in [0.25, 0.3) is 27.8 Å². The third-order valence-electron chi connectivity index (χ3n) is 5.27. The topological polar surface area (TPSA) is 98.5 Å². The molecule has 0 unspecified atom stereocenters. The van der Waals surface area contributed by atoms with E-state index >= 15 is 0 Å². The van der Waals surface area contributed by atoms with Crippen LogP contribution in [0.1, 0.15) is 19.4 Å². The summed E-state index contributed by atoms with van der Waals surface area (Å²) in [5, 5.41) is 8.41. The fourth-order valence-corrected chi connectivity index (χ4v) is 4.45. The Bertz CT molecular complexity index is 1570. The lowest BCUT2D eigenvalue weighted by atomic mass is 10.1. The summed E-state index contributed by atoms with van der Waals surface area (Å²) in [6.07, 6.45) is 3.38. The molecule has 0 aliphatic carbocycles. The second-order valence-corrected chi connectivity index (χ2v) is 9.17. The first-order valence-electron chi connectivity index (χ1n) is 10.6. The number of hydrogen-bond donors (Lipinski definition) is 1. The number of hydrogen-bond acceptors (Lipinski definition) is 6. The van der Waals surface area contributed by atoms with E-state index in [0.717, 1.165) is 11.3 Å². The number of fused-ring (bicyclic) bond motifs is 2. The van der Waals surface area contributed by atoms with Crippen LogP contribution in [-0.4, -0.2) is 29.3 Å². The van der Waals surface area contributed by atoms with Gasteiger partial charge < -0.3 is 4.57 Å². The van der Waals surface area contributed by atoms with E-state index in [1.807, 2.05) is 36.4 Å². The molecule has 0 bridgehead atoms. The molecule has 5 rings (SSSR count). The Balaban J connectivity index is 1.52. The van der Waals surface area contributed by atoms with E-state index in [4.69, 9.17) is 0 Å². The summed E-state index contributed by atoms with van der Waals surface area (Å²) in [4.78, 5) is 35.2. The molecule has 0 aliphatic rings. The van der Waals surface area contributed by atoms with Crippen molar-refractivity contribution in [1.82, 2.24) is 29.3 Å². The quantitative estimate of drug-likeness (QED) is 0.307. The van der Waals surface area contributed by atoms with Gasteiger partial charge in [-0.1, -0.05) is 55.9 Å². The van der Waals surface area contributed by atoms with Gasteiger partial charge in [0.05, 0.1) is 21.8 Å². The molecule has 5 aromatic rings. The number of aromatic nitrogens is 6. The van der Waals surface area contributed by atoms with Crippen molar-refractivity contribution in [2.45, 2.75) is 31.3 Å². The number of benzene rings is 1. The SMILES string of the molecule is CC(C)Cn1ccc2nc3ccn(-c4nc(SCc5ccccc5)n[nH]4)c(=O)c3cc2c1=O. The van der Waals surface area contributed by atoms with Crippen molar-refractivity contribution in [1.29, 1.82) is 0 Å². The number of aromatic amines is 1. The second-order valence-electron chi connectivity index (χ2n) is 8.23. The Morgan fingerprint density at radius 1 is 0.939 bits per heavy atom. The lowest BCUT2D eigenvalue weighted by Crippen LogP contribution is -2.23. The fourth-order valence-electron chi connectivity index (χ4n) is 3.70. The van der Waals surface area contributed by atoms with E-state index in [-0.39, 0.29) is 11.1 Å². The molecule has 9 heteroatoms. The fraction of sp³-hybridized carbons (Fsp3) is 0.208. The van der Waals surface area contributed by atoms with Crippen molar-refractivity contribution in [3.8, 4) is 5.95 Å². The molecule has 4 heterocycles. The van der Waals surface area contributed by atoms with Gasteiger partial charge in [0.25, 0.3) is 11.1 Å². The molecule has 0 atom stereocenters. The molecule has 8 nitrogen and oxygen atoms in total. The standard InChI is InChI=1S/C24H22N6O2S/c1-15(2)13-29-10-8-19-17(21(29)31)12-18-20(25-19)9-11-30(22(18)32)23-26-24(28-27-23)33-14-16-6-4-3-5-7-16/h3-12,15H,13-14H2,1-2H3,(H,26,27,28). The first kappa shape index (κ1) is 21.1. The average Bonchev–Trinajstić information content (AvgIpc) is 3.28. The van der Waals surface area contributed by atoms with E-state index in [1.165, 1.54) is 16.3 Å². The van der Waals surface area contributed by atoms with Gasteiger partial charge in [-0.05, 0) is 29.7 Å². The summed E-state index contributed by atoms with van der Waals surface area (Å²) in [6.45, 7) is 4.71.